The van der Waals surface area contributed by atoms with Crippen molar-refractivity contribution >= 4 is 22.6 Å². The second kappa shape index (κ2) is 18.8. The molecule has 2 aliphatic rings. The number of benzene rings is 2. The highest BCUT2D eigenvalue weighted by Gasteiger charge is 2.40. The van der Waals surface area contributed by atoms with Gasteiger partial charge in [0.05, 0.1) is 43.5 Å². The first kappa shape index (κ1) is 39.4. The van der Waals surface area contributed by atoms with Crippen LogP contribution in [0.1, 0.15) is 54.5 Å². The van der Waals surface area contributed by atoms with Crippen LogP contribution in [0, 0.1) is 0 Å². The minimum Gasteiger partial charge on any atom is -0.506 e. The fourth-order valence-electron chi connectivity index (χ4n) is 7.52. The number of rotatable bonds is 17. The molecule has 12 heteroatoms. The fraction of sp³-hybridized carbons (Fsp3) is 0.500. The molecule has 1 amide bonds. The van der Waals surface area contributed by atoms with Crippen LogP contribution in [-0.4, -0.2) is 121 Å². The number of aromatic amines is 1. The van der Waals surface area contributed by atoms with Crippen molar-refractivity contribution in [3.05, 3.63) is 99.5 Å². The van der Waals surface area contributed by atoms with Crippen LogP contribution in [0.3, 0.4) is 0 Å². The average molecular weight is 741 g/mol. The number of carbonyl (C=O) groups excluding carboxylic acids is 1. The summed E-state index contributed by atoms with van der Waals surface area (Å²) >= 11 is 0. The van der Waals surface area contributed by atoms with Gasteiger partial charge >= 0.3 is 0 Å². The summed E-state index contributed by atoms with van der Waals surface area (Å²) in [5.74, 6) is 1.03. The Labute approximate surface area is 318 Å². The lowest BCUT2D eigenvalue weighted by Gasteiger charge is -2.47. The molecular formula is C42H56N6O6. The zero-order chi connectivity index (χ0) is 37.9. The van der Waals surface area contributed by atoms with E-state index in [1.807, 2.05) is 6.20 Å². The zero-order valence-corrected chi connectivity index (χ0v) is 31.8. The maximum atomic E-state index is 12.7. The molecule has 1 atom stereocenters. The summed E-state index contributed by atoms with van der Waals surface area (Å²) in [4.78, 5) is 38.2. The number of likely N-dealkylation sites (N-methyl/N-ethyl adjacent to an activating group) is 1. The normalized spacial score (nSPS) is 16.5. The minimum atomic E-state index is -0.853. The number of phenolic OH excluding ortho intramolecular Hbond substituents is 1. The number of aliphatic hydroxyl groups excluding tert-OH is 1. The summed E-state index contributed by atoms with van der Waals surface area (Å²) in [5, 5.41) is 24.6. The summed E-state index contributed by atoms with van der Waals surface area (Å²) in [6.07, 6.45) is 6.29. The predicted molar refractivity (Wildman–Crippen MR) is 211 cm³/mol. The van der Waals surface area contributed by atoms with E-state index in [1.54, 1.807) is 24.1 Å². The molecule has 0 saturated carbocycles. The van der Waals surface area contributed by atoms with Crippen LogP contribution in [0.25, 0.3) is 10.9 Å². The molecule has 4 N–H and O–H groups in total. The highest BCUT2D eigenvalue weighted by Crippen LogP contribution is 2.32. The van der Waals surface area contributed by atoms with Crippen LogP contribution in [0.2, 0.25) is 0 Å². The van der Waals surface area contributed by atoms with Crippen LogP contribution < -0.4 is 15.8 Å². The number of morpholine rings is 1. The van der Waals surface area contributed by atoms with Crippen LogP contribution in [0.4, 0.5) is 5.82 Å². The number of aliphatic hydroxyl groups is 1. The van der Waals surface area contributed by atoms with Gasteiger partial charge in [-0.25, -0.2) is 4.98 Å². The van der Waals surface area contributed by atoms with Gasteiger partial charge in [0.1, 0.15) is 11.6 Å². The predicted octanol–water partition coefficient (Wildman–Crippen LogP) is 3.84. The molecule has 54 heavy (non-hydrogen) atoms. The standard InChI is InChI=1S/C42H56N6O6/c1-3-31-11-17-44-38(28-31)48-23-26-54-42(30-48)15-20-47(21-16-42)19-12-32-5-4-6-33(27-32)13-24-53-25-14-40(52)46(2)22-18-43-29-37(50)34-7-9-36(49)41-35(34)8-10-39(51)45-41/h4-11,17,27-28,37,43,49-50H,3,12-16,18-26,29-30H2,1-2H3,(H,45,51). The quantitative estimate of drug-likeness (QED) is 0.118. The minimum absolute atomic E-state index is 0.00241. The van der Waals surface area contributed by atoms with Gasteiger partial charge in [-0.1, -0.05) is 37.3 Å². The Kier molecular flexibility index (Phi) is 13.7. The van der Waals surface area contributed by atoms with Crippen molar-refractivity contribution in [2.24, 2.45) is 0 Å². The molecule has 0 bridgehead atoms. The highest BCUT2D eigenvalue weighted by atomic mass is 16.5. The third-order valence-electron chi connectivity index (χ3n) is 10.9. The van der Waals surface area contributed by atoms with Gasteiger partial charge in [0.15, 0.2) is 0 Å². The smallest absolute Gasteiger partial charge is 0.248 e. The molecule has 2 aromatic carbocycles. The Morgan fingerprint density at radius 2 is 1.87 bits per heavy atom. The number of piperidine rings is 1. The molecule has 0 radical (unpaired) electrons. The Hall–Kier alpha value is -4.33. The number of aromatic hydroxyl groups is 1. The van der Waals surface area contributed by atoms with Gasteiger partial charge < -0.3 is 44.7 Å². The van der Waals surface area contributed by atoms with Gasteiger partial charge in [0.2, 0.25) is 11.5 Å². The number of hydrogen-bond acceptors (Lipinski definition) is 10. The molecule has 2 aromatic heterocycles. The molecular weight excluding hydrogens is 684 g/mol. The third-order valence-corrected chi connectivity index (χ3v) is 10.9. The number of hydrogen-bond donors (Lipinski definition) is 4. The topological polar surface area (TPSA) is 143 Å². The van der Waals surface area contributed by atoms with Gasteiger partial charge in [0, 0.05) is 77.1 Å². The molecule has 4 heterocycles. The summed E-state index contributed by atoms with van der Waals surface area (Å²) in [5.41, 5.74) is 4.39. The molecule has 12 nitrogen and oxygen atoms in total. The zero-order valence-electron chi connectivity index (χ0n) is 31.8. The Balaban J connectivity index is 0.838. The Morgan fingerprint density at radius 3 is 2.69 bits per heavy atom. The largest absolute Gasteiger partial charge is 0.506 e. The average Bonchev–Trinajstić information content (AvgIpc) is 3.19. The first-order valence-corrected chi connectivity index (χ1v) is 19.4. The van der Waals surface area contributed by atoms with E-state index in [0.29, 0.717) is 49.2 Å². The number of fused-ring (bicyclic) bond motifs is 1. The number of nitrogens with zero attached hydrogens (tertiary/aromatic N) is 4. The number of phenols is 1. The lowest BCUT2D eigenvalue weighted by atomic mass is 9.89. The number of ether oxygens (including phenoxy) is 2. The molecule has 2 fully saturated rings. The van der Waals surface area contributed by atoms with E-state index in [0.717, 1.165) is 77.3 Å². The summed E-state index contributed by atoms with van der Waals surface area (Å²) < 4.78 is 12.3. The molecule has 2 saturated heterocycles. The lowest BCUT2D eigenvalue weighted by Crippen LogP contribution is -2.57. The number of carbonyl (C=O) groups is 1. The number of nitrogens with one attached hydrogen (secondary N) is 2. The maximum absolute atomic E-state index is 12.7. The van der Waals surface area contributed by atoms with Crippen molar-refractivity contribution in [1.29, 1.82) is 0 Å². The van der Waals surface area contributed by atoms with E-state index in [9.17, 15) is 19.8 Å². The van der Waals surface area contributed by atoms with E-state index >= 15 is 0 Å². The molecule has 6 rings (SSSR count). The number of pyridine rings is 2. The van der Waals surface area contributed by atoms with Gasteiger partial charge in [-0.05, 0) is 78.6 Å². The van der Waals surface area contributed by atoms with Crippen LogP contribution in [-0.2, 0) is 33.5 Å². The number of aryl methyl sites for hydroxylation is 1. The van der Waals surface area contributed by atoms with E-state index in [2.05, 4.69) is 68.4 Å². The number of aromatic nitrogens is 2. The number of likely N-dealkylation sites (tertiary alicyclic amines) is 1. The monoisotopic (exact) mass is 740 g/mol. The molecule has 2 aliphatic heterocycles. The van der Waals surface area contributed by atoms with E-state index < -0.39 is 6.10 Å². The summed E-state index contributed by atoms with van der Waals surface area (Å²) in [7, 11) is 1.76. The number of H-pyrrole nitrogens is 1. The van der Waals surface area contributed by atoms with Crippen molar-refractivity contribution in [1.82, 2.24) is 25.1 Å². The van der Waals surface area contributed by atoms with E-state index in [4.69, 9.17) is 9.47 Å². The molecule has 0 aliphatic carbocycles. The van der Waals surface area contributed by atoms with E-state index in [1.165, 1.54) is 28.8 Å². The molecule has 290 valence electrons. The van der Waals surface area contributed by atoms with Gasteiger partial charge in [-0.3, -0.25) is 9.59 Å². The SMILES string of the molecule is CCc1ccnc(N2CCOC3(CCN(CCc4cccc(CCOCCC(=O)N(C)CCNCC(O)c5ccc(O)c6[nH]c(=O)ccc56)c4)CC3)C2)c1. The second-order valence-electron chi connectivity index (χ2n) is 14.7. The van der Waals surface area contributed by atoms with Crippen molar-refractivity contribution in [3.63, 3.8) is 0 Å². The summed E-state index contributed by atoms with van der Waals surface area (Å²) in [6.45, 7) is 10.0. The summed E-state index contributed by atoms with van der Waals surface area (Å²) in [6, 6.07) is 19.1. The van der Waals surface area contributed by atoms with Crippen LogP contribution in [0.5, 0.6) is 5.75 Å². The molecule has 1 spiro atoms. The lowest BCUT2D eigenvalue weighted by molar-refractivity contribution is -0.131. The van der Waals surface area contributed by atoms with Gasteiger partial charge in [-0.2, -0.15) is 0 Å². The first-order valence-electron chi connectivity index (χ1n) is 19.4. The second-order valence-corrected chi connectivity index (χ2v) is 14.7. The maximum Gasteiger partial charge on any atom is 0.248 e. The molecule has 4 aromatic rings. The van der Waals surface area contributed by atoms with Crippen molar-refractivity contribution in [2.75, 3.05) is 84.1 Å². The Bertz CT molecular complexity index is 1890. The third kappa shape index (κ3) is 10.5. The van der Waals surface area contributed by atoms with Gasteiger partial charge in [-0.15, -0.1) is 0 Å². The number of amides is 1. The van der Waals surface area contributed by atoms with Crippen molar-refractivity contribution in [2.45, 2.75) is 57.2 Å². The van der Waals surface area contributed by atoms with E-state index in [-0.39, 0.29) is 29.4 Å². The van der Waals surface area contributed by atoms with Crippen LogP contribution in [0.15, 0.2) is 71.7 Å². The Morgan fingerprint density at radius 1 is 1.06 bits per heavy atom. The van der Waals surface area contributed by atoms with Gasteiger partial charge in [0.25, 0.3) is 0 Å². The van der Waals surface area contributed by atoms with Crippen molar-refractivity contribution < 1.29 is 24.5 Å². The first-order chi connectivity index (χ1) is 26.2. The molecule has 1 unspecified atom stereocenters. The highest BCUT2D eigenvalue weighted by molar-refractivity contribution is 5.87. The number of anilines is 1. The fourth-order valence-corrected chi connectivity index (χ4v) is 7.52. The van der Waals surface area contributed by atoms with Crippen molar-refractivity contribution in [3.8, 4) is 5.75 Å². The van der Waals surface area contributed by atoms with Crippen LogP contribution >= 0.6 is 0 Å².